The quantitative estimate of drug-likeness (QED) is 0.267. The number of hydrogen-bond donors (Lipinski definition) is 2. The van der Waals surface area contributed by atoms with Crippen LogP contribution >= 0.6 is 12.9 Å². The molecule has 2 atom stereocenters. The fraction of sp³-hybridized carbons (Fsp3) is 0.923. The monoisotopic (exact) mass is 324 g/mol. The number of rotatable bonds is 5. The minimum atomic E-state index is -4.18. The highest BCUT2D eigenvalue weighted by molar-refractivity contribution is 7.74. The number of thiol groups is 1. The molecule has 4 aliphatic rings. The molecule has 0 aromatic rings. The fourth-order valence-corrected chi connectivity index (χ4v) is 5.05. The Labute approximate surface area is 126 Å². The summed E-state index contributed by atoms with van der Waals surface area (Å²) in [4.78, 5) is 14.8. The Morgan fingerprint density at radius 2 is 1.90 bits per heavy atom. The van der Waals surface area contributed by atoms with Gasteiger partial charge in [-0.1, -0.05) is 0 Å². The minimum absolute atomic E-state index is 0.118. The lowest BCUT2D eigenvalue weighted by atomic mass is 9.48. The maximum Gasteiger partial charge on any atom is 0.483 e. The molecule has 4 rings (SSSR count). The third kappa shape index (κ3) is 2.91. The molecule has 0 heterocycles. The van der Waals surface area contributed by atoms with E-state index in [1.807, 2.05) is 0 Å². The van der Waals surface area contributed by atoms with Crippen molar-refractivity contribution in [2.45, 2.75) is 50.2 Å². The van der Waals surface area contributed by atoms with Crippen molar-refractivity contribution in [2.24, 2.45) is 17.3 Å². The topological polar surface area (TPSA) is 65.0 Å². The third-order valence-electron chi connectivity index (χ3n) is 5.04. The Hall–Kier alpha value is -0.440. The fourth-order valence-electron chi connectivity index (χ4n) is 4.95. The zero-order valence-corrected chi connectivity index (χ0v) is 12.3. The number of esters is 1. The van der Waals surface area contributed by atoms with Crippen LogP contribution in [-0.4, -0.2) is 29.4 Å². The summed E-state index contributed by atoms with van der Waals surface area (Å²) in [6.45, 7) is -0.118. The van der Waals surface area contributed by atoms with Gasteiger partial charge in [0.25, 0.3) is 0 Å². The summed E-state index contributed by atoms with van der Waals surface area (Å²) in [5.41, 5.74) is -1.10. The molecular weight excluding hydrogens is 306 g/mol. The van der Waals surface area contributed by atoms with Gasteiger partial charge in [0.15, 0.2) is 0 Å². The maximum atomic E-state index is 13.1. The van der Waals surface area contributed by atoms with Crippen LogP contribution < -0.4 is 0 Å². The summed E-state index contributed by atoms with van der Waals surface area (Å²) < 4.78 is 34.6. The zero-order chi connectivity index (χ0) is 15.3. The van der Waals surface area contributed by atoms with Crippen LogP contribution in [0.4, 0.5) is 8.78 Å². The zero-order valence-electron chi connectivity index (χ0n) is 11.4. The van der Waals surface area contributed by atoms with Crippen LogP contribution in [0.15, 0.2) is 0 Å². The van der Waals surface area contributed by atoms with E-state index in [4.69, 9.17) is 4.74 Å². The second-order valence-corrected chi connectivity index (χ2v) is 7.09. The Balaban J connectivity index is 1.64. The van der Waals surface area contributed by atoms with Crippen LogP contribution in [-0.2, 0) is 18.8 Å². The summed E-state index contributed by atoms with van der Waals surface area (Å²) in [6, 6.07) is 0. The summed E-state index contributed by atoms with van der Waals surface area (Å²) >= 11 is 3.02. The van der Waals surface area contributed by atoms with E-state index in [0.29, 0.717) is 18.3 Å². The van der Waals surface area contributed by atoms with E-state index in [-0.39, 0.29) is 12.0 Å². The van der Waals surface area contributed by atoms with E-state index in [1.54, 1.807) is 0 Å². The summed E-state index contributed by atoms with van der Waals surface area (Å²) in [7, 11) is 0. The number of ether oxygens (including phenoxy) is 1. The standard InChI is InChI=1S/C13H18F2O5S/c14-13(15,19-20-21)10(16)18-7-11-2-8-1-9(3-11)5-12(17,4-8)6-11/h8-9,17,21H,1-7H2. The van der Waals surface area contributed by atoms with Gasteiger partial charge in [-0.25, -0.2) is 4.79 Å². The van der Waals surface area contributed by atoms with E-state index in [0.717, 1.165) is 32.1 Å². The molecule has 0 aliphatic heterocycles. The van der Waals surface area contributed by atoms with Crippen LogP contribution in [0.2, 0.25) is 0 Å². The first-order valence-electron chi connectivity index (χ1n) is 7.03. The first-order chi connectivity index (χ1) is 9.76. The van der Waals surface area contributed by atoms with Gasteiger partial charge in [-0.15, -0.1) is 4.89 Å². The largest absolute Gasteiger partial charge is 0.483 e. The van der Waals surface area contributed by atoms with Gasteiger partial charge < -0.3 is 9.84 Å². The maximum absolute atomic E-state index is 13.1. The van der Waals surface area contributed by atoms with Crippen molar-refractivity contribution in [2.75, 3.05) is 6.61 Å². The smallest absolute Gasteiger partial charge is 0.459 e. The molecule has 4 saturated carbocycles. The number of alkyl halides is 2. The van der Waals surface area contributed by atoms with Gasteiger partial charge in [0.1, 0.15) is 0 Å². The molecule has 0 spiro atoms. The van der Waals surface area contributed by atoms with E-state index in [9.17, 15) is 18.7 Å². The summed E-state index contributed by atoms with van der Waals surface area (Å²) in [5, 5.41) is 10.5. The first kappa shape index (κ1) is 15.5. The van der Waals surface area contributed by atoms with Gasteiger partial charge in [-0.05, 0) is 50.4 Å². The van der Waals surface area contributed by atoms with Crippen molar-refractivity contribution in [3.8, 4) is 0 Å². The van der Waals surface area contributed by atoms with Crippen LogP contribution in [0.3, 0.4) is 0 Å². The molecule has 8 heteroatoms. The van der Waals surface area contributed by atoms with Crippen molar-refractivity contribution in [3.63, 3.8) is 0 Å². The van der Waals surface area contributed by atoms with Crippen molar-refractivity contribution >= 4 is 18.9 Å². The molecule has 21 heavy (non-hydrogen) atoms. The molecule has 0 aromatic carbocycles. The molecular formula is C13H18F2O5S. The van der Waals surface area contributed by atoms with Gasteiger partial charge in [0.2, 0.25) is 0 Å². The van der Waals surface area contributed by atoms with Gasteiger partial charge in [-0.3, -0.25) is 0 Å². The van der Waals surface area contributed by atoms with Crippen LogP contribution in [0.5, 0.6) is 0 Å². The van der Waals surface area contributed by atoms with Gasteiger partial charge in [-0.2, -0.15) is 13.1 Å². The van der Waals surface area contributed by atoms with Crippen LogP contribution in [0.1, 0.15) is 38.5 Å². The Bertz CT molecular complexity index is 430. The molecule has 1 N–H and O–H groups in total. The van der Waals surface area contributed by atoms with Gasteiger partial charge in [0.05, 0.1) is 12.2 Å². The molecule has 4 fully saturated rings. The van der Waals surface area contributed by atoms with Crippen LogP contribution in [0.25, 0.3) is 0 Å². The number of hydrogen-bond acceptors (Lipinski definition) is 6. The predicted octanol–water partition coefficient (Wildman–Crippen LogP) is 2.25. The van der Waals surface area contributed by atoms with E-state index < -0.39 is 17.7 Å². The average molecular weight is 324 g/mol. The number of carbonyl (C=O) groups excluding carboxylic acids is 1. The Morgan fingerprint density at radius 1 is 1.29 bits per heavy atom. The molecule has 4 bridgehead atoms. The average Bonchev–Trinajstić information content (AvgIpc) is 2.32. The second-order valence-electron chi connectivity index (χ2n) is 6.94. The highest BCUT2D eigenvalue weighted by Gasteiger charge is 2.58. The third-order valence-corrected chi connectivity index (χ3v) is 5.11. The molecule has 2 unspecified atom stereocenters. The minimum Gasteiger partial charge on any atom is -0.459 e. The molecule has 120 valence electrons. The molecule has 5 nitrogen and oxygen atoms in total. The lowest BCUT2D eigenvalue weighted by molar-refractivity contribution is -0.370. The van der Waals surface area contributed by atoms with Gasteiger partial charge >= 0.3 is 12.1 Å². The number of halogens is 2. The SMILES string of the molecule is O=C(OCC12CC3CC(CC(O)(C3)C1)C2)C(F)(F)OOS. The molecule has 4 aliphatic carbocycles. The lowest BCUT2D eigenvalue weighted by Gasteiger charge is -2.59. The summed E-state index contributed by atoms with van der Waals surface area (Å²) in [6.07, 6.45) is 0.572. The first-order valence-corrected chi connectivity index (χ1v) is 7.39. The molecule has 0 saturated heterocycles. The van der Waals surface area contributed by atoms with E-state index in [2.05, 4.69) is 22.1 Å². The van der Waals surface area contributed by atoms with Crippen molar-refractivity contribution in [1.29, 1.82) is 0 Å². The second kappa shape index (κ2) is 5.04. The Morgan fingerprint density at radius 3 is 2.43 bits per heavy atom. The molecule has 0 radical (unpaired) electrons. The van der Waals surface area contributed by atoms with Crippen LogP contribution in [0, 0.1) is 17.3 Å². The van der Waals surface area contributed by atoms with Crippen molar-refractivity contribution in [3.05, 3.63) is 0 Å². The number of aliphatic hydroxyl groups is 1. The predicted molar refractivity (Wildman–Crippen MR) is 69.1 cm³/mol. The Kier molecular flexibility index (Phi) is 3.71. The highest BCUT2D eigenvalue weighted by atomic mass is 32.1. The van der Waals surface area contributed by atoms with Gasteiger partial charge in [0, 0.05) is 18.3 Å². The summed E-state index contributed by atoms with van der Waals surface area (Å²) in [5.74, 6) is -1.00. The number of carbonyl (C=O) groups is 1. The van der Waals surface area contributed by atoms with E-state index >= 15 is 0 Å². The normalized spacial score (nSPS) is 41.3. The highest BCUT2D eigenvalue weighted by Crippen LogP contribution is 2.61. The van der Waals surface area contributed by atoms with Crippen molar-refractivity contribution < 1.29 is 32.6 Å². The lowest BCUT2D eigenvalue weighted by Crippen LogP contribution is -2.57. The molecule has 0 aromatic heterocycles. The van der Waals surface area contributed by atoms with Crippen molar-refractivity contribution in [1.82, 2.24) is 0 Å². The molecule has 0 amide bonds. The van der Waals surface area contributed by atoms with E-state index in [1.165, 1.54) is 0 Å².